The molecule has 136 valence electrons. The van der Waals surface area contributed by atoms with Gasteiger partial charge in [-0.15, -0.1) is 0 Å². The number of benzene rings is 2. The van der Waals surface area contributed by atoms with Gasteiger partial charge in [0.05, 0.1) is 23.7 Å². The molecule has 27 heavy (non-hydrogen) atoms. The molecule has 1 N–H and O–H groups in total. The van der Waals surface area contributed by atoms with Gasteiger partial charge in [-0.25, -0.2) is 0 Å². The number of nitrogens with one attached hydrogen (secondary N) is 1. The summed E-state index contributed by atoms with van der Waals surface area (Å²) in [4.78, 5) is 11.3. The lowest BCUT2D eigenvalue weighted by molar-refractivity contribution is -0.433. The van der Waals surface area contributed by atoms with Gasteiger partial charge in [0, 0.05) is 12.6 Å². The Morgan fingerprint density at radius 1 is 1.19 bits per heavy atom. The normalized spacial score (nSPS) is 16.4. The van der Waals surface area contributed by atoms with Crippen molar-refractivity contribution in [1.29, 1.82) is 5.26 Å². The summed E-state index contributed by atoms with van der Waals surface area (Å²) in [6.07, 6.45) is 0. The molecule has 1 aliphatic rings. The fourth-order valence-electron chi connectivity index (χ4n) is 3.02. The van der Waals surface area contributed by atoms with Crippen molar-refractivity contribution in [3.05, 3.63) is 93.0 Å². The standard InChI is InChI=1S/C20H17N3O4/c1-22-20-18(23(24)25)17(13-8-10-15(26-2)11-9-13)16(12-21)19(27-20)14-6-4-3-5-7-14/h3-11,17,22H,1-2H3/t17-/m1/s1. The van der Waals surface area contributed by atoms with Crippen LogP contribution in [0.15, 0.2) is 71.8 Å². The van der Waals surface area contributed by atoms with E-state index < -0.39 is 10.8 Å². The van der Waals surface area contributed by atoms with Crippen molar-refractivity contribution in [1.82, 2.24) is 5.32 Å². The molecule has 0 spiro atoms. The molecule has 7 heteroatoms. The number of hydrogen-bond acceptors (Lipinski definition) is 6. The largest absolute Gasteiger partial charge is 0.497 e. The quantitative estimate of drug-likeness (QED) is 0.646. The molecular formula is C20H17N3O4. The average Bonchev–Trinajstić information content (AvgIpc) is 2.72. The van der Waals surface area contributed by atoms with E-state index in [-0.39, 0.29) is 17.2 Å². The van der Waals surface area contributed by atoms with E-state index in [0.29, 0.717) is 22.6 Å². The van der Waals surface area contributed by atoms with Crippen LogP contribution >= 0.6 is 0 Å². The van der Waals surface area contributed by atoms with Gasteiger partial charge in [0.15, 0.2) is 5.76 Å². The minimum atomic E-state index is -0.873. The predicted molar refractivity (Wildman–Crippen MR) is 98.9 cm³/mol. The second-order valence-corrected chi connectivity index (χ2v) is 5.75. The molecule has 0 saturated carbocycles. The Labute approximate surface area is 156 Å². The lowest BCUT2D eigenvalue weighted by Crippen LogP contribution is -2.26. The summed E-state index contributed by atoms with van der Waals surface area (Å²) in [5.74, 6) is 0.0619. The number of rotatable bonds is 5. The zero-order valence-electron chi connectivity index (χ0n) is 14.8. The summed E-state index contributed by atoms with van der Waals surface area (Å²) in [5.41, 5.74) is 1.24. The van der Waals surface area contributed by atoms with Crippen LogP contribution in [-0.4, -0.2) is 19.1 Å². The molecule has 0 aliphatic carbocycles. The summed E-state index contributed by atoms with van der Waals surface area (Å²) < 4.78 is 10.9. The summed E-state index contributed by atoms with van der Waals surface area (Å²) in [7, 11) is 3.09. The molecule has 0 amide bonds. The van der Waals surface area contributed by atoms with Gasteiger partial charge in [-0.1, -0.05) is 42.5 Å². The highest BCUT2D eigenvalue weighted by atomic mass is 16.6. The van der Waals surface area contributed by atoms with Crippen LogP contribution in [0.2, 0.25) is 0 Å². The van der Waals surface area contributed by atoms with Crippen molar-refractivity contribution in [3.63, 3.8) is 0 Å². The monoisotopic (exact) mass is 363 g/mol. The number of ether oxygens (including phenoxy) is 2. The average molecular weight is 363 g/mol. The Morgan fingerprint density at radius 2 is 1.85 bits per heavy atom. The Kier molecular flexibility index (Phi) is 5.08. The summed E-state index contributed by atoms with van der Waals surface area (Å²) in [6, 6.07) is 18.0. The highest BCUT2D eigenvalue weighted by Crippen LogP contribution is 2.43. The highest BCUT2D eigenvalue weighted by Gasteiger charge is 2.41. The van der Waals surface area contributed by atoms with E-state index in [1.807, 2.05) is 18.2 Å². The second-order valence-electron chi connectivity index (χ2n) is 5.75. The lowest BCUT2D eigenvalue weighted by atomic mass is 9.85. The Balaban J connectivity index is 2.24. The zero-order chi connectivity index (χ0) is 19.4. The van der Waals surface area contributed by atoms with Gasteiger partial charge in [-0.05, 0) is 17.7 Å². The van der Waals surface area contributed by atoms with Crippen LogP contribution in [0, 0.1) is 21.4 Å². The maximum atomic E-state index is 11.8. The molecule has 0 bridgehead atoms. The van der Waals surface area contributed by atoms with Crippen LogP contribution in [0.4, 0.5) is 0 Å². The third-order valence-corrected chi connectivity index (χ3v) is 4.27. The highest BCUT2D eigenvalue weighted by molar-refractivity contribution is 5.72. The topological polar surface area (TPSA) is 97.4 Å². The van der Waals surface area contributed by atoms with E-state index in [2.05, 4.69) is 11.4 Å². The van der Waals surface area contributed by atoms with Crippen LogP contribution in [0.25, 0.3) is 5.76 Å². The number of hydrogen-bond donors (Lipinski definition) is 1. The molecular weight excluding hydrogens is 346 g/mol. The molecule has 0 radical (unpaired) electrons. The van der Waals surface area contributed by atoms with Crippen molar-refractivity contribution in [2.24, 2.45) is 0 Å². The molecule has 1 heterocycles. The van der Waals surface area contributed by atoms with Crippen LogP contribution in [0.1, 0.15) is 17.0 Å². The molecule has 7 nitrogen and oxygen atoms in total. The van der Waals surface area contributed by atoms with Crippen molar-refractivity contribution in [2.75, 3.05) is 14.2 Å². The van der Waals surface area contributed by atoms with E-state index in [0.717, 1.165) is 0 Å². The maximum absolute atomic E-state index is 11.8. The van der Waals surface area contributed by atoms with E-state index in [9.17, 15) is 15.4 Å². The molecule has 2 aromatic carbocycles. The first-order valence-electron chi connectivity index (χ1n) is 8.18. The first kappa shape index (κ1) is 18.0. The summed E-state index contributed by atoms with van der Waals surface area (Å²) >= 11 is 0. The molecule has 0 unspecified atom stereocenters. The third-order valence-electron chi connectivity index (χ3n) is 4.27. The SMILES string of the molecule is CNC1=C([N+](=O)[O-])[C@H](c2ccc(OC)cc2)C(C#N)=C(c2ccccc2)O1. The number of nitriles is 1. The number of methoxy groups -OCH3 is 1. The van der Waals surface area contributed by atoms with Gasteiger partial charge in [0.2, 0.25) is 0 Å². The van der Waals surface area contributed by atoms with Crippen LogP contribution in [0.3, 0.4) is 0 Å². The third kappa shape index (κ3) is 3.33. The van der Waals surface area contributed by atoms with Crippen molar-refractivity contribution < 1.29 is 14.4 Å². The minimum Gasteiger partial charge on any atom is -0.497 e. The van der Waals surface area contributed by atoms with Gasteiger partial charge in [0.25, 0.3) is 5.88 Å². The zero-order valence-corrected chi connectivity index (χ0v) is 14.8. The van der Waals surface area contributed by atoms with Crippen molar-refractivity contribution in [3.8, 4) is 11.8 Å². The lowest BCUT2D eigenvalue weighted by Gasteiger charge is -2.25. The Hall–Kier alpha value is -3.79. The number of nitro groups is 1. The van der Waals surface area contributed by atoms with Gasteiger partial charge in [-0.2, -0.15) is 5.26 Å². The van der Waals surface area contributed by atoms with Crippen molar-refractivity contribution in [2.45, 2.75) is 5.92 Å². The predicted octanol–water partition coefficient (Wildman–Crippen LogP) is 3.41. The van der Waals surface area contributed by atoms with Gasteiger partial charge >= 0.3 is 5.70 Å². The fourth-order valence-corrected chi connectivity index (χ4v) is 3.02. The maximum Gasteiger partial charge on any atom is 0.318 e. The summed E-state index contributed by atoms with van der Waals surface area (Å²) in [6.45, 7) is 0. The van der Waals surface area contributed by atoms with E-state index in [1.54, 1.807) is 50.6 Å². The van der Waals surface area contributed by atoms with Crippen LogP contribution in [0.5, 0.6) is 5.75 Å². The van der Waals surface area contributed by atoms with E-state index in [4.69, 9.17) is 9.47 Å². The number of nitrogens with zero attached hydrogens (tertiary/aromatic N) is 2. The van der Waals surface area contributed by atoms with Crippen LogP contribution < -0.4 is 10.1 Å². The summed E-state index contributed by atoms with van der Waals surface area (Å²) in [5, 5.41) is 24.4. The molecule has 2 aromatic rings. The van der Waals surface area contributed by atoms with E-state index >= 15 is 0 Å². The van der Waals surface area contributed by atoms with Crippen molar-refractivity contribution >= 4 is 5.76 Å². The molecule has 1 atom stereocenters. The van der Waals surface area contributed by atoms with E-state index in [1.165, 1.54) is 0 Å². The smallest absolute Gasteiger partial charge is 0.318 e. The molecule has 3 rings (SSSR count). The van der Waals surface area contributed by atoms with Crippen LogP contribution in [-0.2, 0) is 4.74 Å². The first-order valence-corrected chi connectivity index (χ1v) is 8.18. The van der Waals surface area contributed by atoms with Gasteiger partial charge in [0.1, 0.15) is 11.7 Å². The first-order chi connectivity index (χ1) is 13.1. The molecule has 1 aliphatic heterocycles. The second kappa shape index (κ2) is 7.62. The molecule has 0 fully saturated rings. The number of allylic oxidation sites excluding steroid dienone is 1. The van der Waals surface area contributed by atoms with Gasteiger partial charge < -0.3 is 14.8 Å². The fraction of sp³-hybridized carbons (Fsp3) is 0.150. The molecule has 0 aromatic heterocycles. The minimum absolute atomic E-state index is 0.0127. The Morgan fingerprint density at radius 3 is 2.37 bits per heavy atom. The molecule has 0 saturated heterocycles. The Bertz CT molecular complexity index is 957. The van der Waals surface area contributed by atoms with Gasteiger partial charge in [-0.3, -0.25) is 10.1 Å².